The summed E-state index contributed by atoms with van der Waals surface area (Å²) >= 11 is 3.51. The highest BCUT2D eigenvalue weighted by Gasteiger charge is 2.19. The van der Waals surface area contributed by atoms with Gasteiger partial charge in [-0.25, -0.2) is 19.9 Å². The second kappa shape index (κ2) is 16.8. The van der Waals surface area contributed by atoms with Gasteiger partial charge in [-0.1, -0.05) is 194 Å². The standard InChI is InChI=1S/C62H38N4S2/c1-3-15-39(16-4-1)44-20-13-25-49(37-44)61-63-55(59-57(65-61)51-27-7-9-29-53(51)67-59)42-33-31-41(32-34-42)43-19-11-22-46(35-43)47-23-12-24-48(36-47)56-60-58(52-28-8-10-30-54(52)68-60)66-62(64-56)50-26-14-21-45(38-50)40-17-5-2-6-18-40/h1-38H. The molecule has 0 aliphatic heterocycles. The lowest BCUT2D eigenvalue weighted by Gasteiger charge is -2.11. The fourth-order valence-corrected chi connectivity index (χ4v) is 11.6. The molecular formula is C62H38N4S2. The Morgan fingerprint density at radius 2 is 0.559 bits per heavy atom. The number of hydrogen-bond donors (Lipinski definition) is 0. The highest BCUT2D eigenvalue weighted by molar-refractivity contribution is 7.26. The molecule has 68 heavy (non-hydrogen) atoms. The van der Waals surface area contributed by atoms with Crippen LogP contribution in [0.4, 0.5) is 0 Å². The van der Waals surface area contributed by atoms with Gasteiger partial charge in [0.15, 0.2) is 11.6 Å². The SMILES string of the molecule is c1ccc(-c2cccc(-c3nc(-c4ccc(-c5cccc(-c6cccc(-c7nc(-c8cccc(-c9ccccc9)c8)nc8c7sc7ccccc78)c6)c5)cc4)c4sc5ccccc5c4n3)c2)cc1. The zero-order chi connectivity index (χ0) is 45.0. The Morgan fingerprint density at radius 3 is 1.04 bits per heavy atom. The Hall–Kier alpha value is -8.42. The number of benzene rings is 9. The minimum Gasteiger partial charge on any atom is -0.226 e. The first-order valence-electron chi connectivity index (χ1n) is 22.7. The van der Waals surface area contributed by atoms with Crippen LogP contribution in [0, 0.1) is 0 Å². The van der Waals surface area contributed by atoms with Gasteiger partial charge >= 0.3 is 0 Å². The van der Waals surface area contributed by atoms with Crippen molar-refractivity contribution in [3.8, 4) is 89.8 Å². The minimum atomic E-state index is 0.716. The number of nitrogens with zero attached hydrogens (tertiary/aromatic N) is 4. The minimum absolute atomic E-state index is 0.716. The zero-order valence-electron chi connectivity index (χ0n) is 36.5. The van der Waals surface area contributed by atoms with Crippen molar-refractivity contribution in [2.45, 2.75) is 0 Å². The Balaban J connectivity index is 0.864. The van der Waals surface area contributed by atoms with Crippen molar-refractivity contribution in [3.05, 3.63) is 231 Å². The van der Waals surface area contributed by atoms with E-state index in [4.69, 9.17) is 19.9 Å². The second-order valence-corrected chi connectivity index (χ2v) is 19.1. The van der Waals surface area contributed by atoms with Crippen LogP contribution in [-0.4, -0.2) is 19.9 Å². The normalized spacial score (nSPS) is 11.5. The molecule has 0 saturated carbocycles. The van der Waals surface area contributed by atoms with Gasteiger partial charge in [-0.3, -0.25) is 0 Å². The molecule has 0 saturated heterocycles. The molecule has 13 aromatic rings. The van der Waals surface area contributed by atoms with E-state index in [0.29, 0.717) is 5.82 Å². The molecule has 0 aliphatic rings. The molecule has 4 aromatic heterocycles. The maximum absolute atomic E-state index is 5.37. The summed E-state index contributed by atoms with van der Waals surface area (Å²) in [6, 6.07) is 81.6. The molecule has 0 spiro atoms. The number of rotatable bonds is 8. The van der Waals surface area contributed by atoms with Crippen LogP contribution in [0.2, 0.25) is 0 Å². The lowest BCUT2D eigenvalue weighted by molar-refractivity contribution is 1.24. The van der Waals surface area contributed by atoms with E-state index in [-0.39, 0.29) is 0 Å². The van der Waals surface area contributed by atoms with Crippen LogP contribution in [0.15, 0.2) is 231 Å². The Labute approximate surface area is 401 Å². The first kappa shape index (κ1) is 39.9. The molecule has 0 bridgehead atoms. The third kappa shape index (κ3) is 7.24. The van der Waals surface area contributed by atoms with Crippen molar-refractivity contribution in [1.29, 1.82) is 0 Å². The van der Waals surface area contributed by atoms with Crippen LogP contribution >= 0.6 is 22.7 Å². The van der Waals surface area contributed by atoms with Crippen LogP contribution in [0.5, 0.6) is 0 Å². The van der Waals surface area contributed by atoms with Crippen molar-refractivity contribution in [2.24, 2.45) is 0 Å². The molecule has 0 N–H and O–H groups in total. The molecule has 0 unspecified atom stereocenters. The molecule has 13 rings (SSSR count). The molecular weight excluding hydrogens is 865 g/mol. The zero-order valence-corrected chi connectivity index (χ0v) is 38.2. The van der Waals surface area contributed by atoms with E-state index in [1.165, 1.54) is 15.0 Å². The van der Waals surface area contributed by atoms with Gasteiger partial charge in [0, 0.05) is 42.4 Å². The van der Waals surface area contributed by atoms with Crippen molar-refractivity contribution < 1.29 is 0 Å². The van der Waals surface area contributed by atoms with Crippen LogP contribution in [0.25, 0.3) is 130 Å². The molecule has 4 heterocycles. The summed E-state index contributed by atoms with van der Waals surface area (Å²) in [5.41, 5.74) is 17.1. The third-order valence-corrected chi connectivity index (χ3v) is 15.1. The summed E-state index contributed by atoms with van der Waals surface area (Å²) in [4.78, 5) is 21.2. The average molecular weight is 903 g/mol. The fourth-order valence-electron chi connectivity index (χ4n) is 9.31. The van der Waals surface area contributed by atoms with Crippen LogP contribution in [0.3, 0.4) is 0 Å². The van der Waals surface area contributed by atoms with Crippen molar-refractivity contribution in [2.75, 3.05) is 0 Å². The van der Waals surface area contributed by atoms with E-state index in [0.717, 1.165) is 110 Å². The van der Waals surface area contributed by atoms with E-state index in [1.807, 2.05) is 12.1 Å². The summed E-state index contributed by atoms with van der Waals surface area (Å²) < 4.78 is 4.58. The van der Waals surface area contributed by atoms with E-state index in [2.05, 4.69) is 218 Å². The van der Waals surface area contributed by atoms with Gasteiger partial charge in [0.05, 0.1) is 31.8 Å². The first-order valence-corrected chi connectivity index (χ1v) is 24.3. The lowest BCUT2D eigenvalue weighted by atomic mass is 9.96. The van der Waals surface area contributed by atoms with E-state index < -0.39 is 0 Å². The summed E-state index contributed by atoms with van der Waals surface area (Å²) in [6.07, 6.45) is 0. The number of aromatic nitrogens is 4. The van der Waals surface area contributed by atoms with Gasteiger partial charge in [-0.2, -0.15) is 0 Å². The van der Waals surface area contributed by atoms with Crippen molar-refractivity contribution in [3.63, 3.8) is 0 Å². The largest absolute Gasteiger partial charge is 0.226 e. The van der Waals surface area contributed by atoms with Gasteiger partial charge in [0.2, 0.25) is 0 Å². The molecule has 4 nitrogen and oxygen atoms in total. The molecule has 0 radical (unpaired) electrons. The lowest BCUT2D eigenvalue weighted by Crippen LogP contribution is -1.94. The quantitative estimate of drug-likeness (QED) is 0.152. The molecule has 0 atom stereocenters. The fraction of sp³-hybridized carbons (Fsp3) is 0. The molecule has 0 amide bonds. The predicted molar refractivity (Wildman–Crippen MR) is 287 cm³/mol. The summed E-state index contributed by atoms with van der Waals surface area (Å²) in [6.45, 7) is 0. The van der Waals surface area contributed by atoms with E-state index >= 15 is 0 Å². The maximum Gasteiger partial charge on any atom is 0.160 e. The first-order chi connectivity index (χ1) is 33.7. The smallest absolute Gasteiger partial charge is 0.160 e. The highest BCUT2D eigenvalue weighted by atomic mass is 32.1. The van der Waals surface area contributed by atoms with Gasteiger partial charge in [-0.05, 0) is 80.9 Å². The third-order valence-electron chi connectivity index (χ3n) is 12.7. The number of thiophene rings is 2. The number of hydrogen-bond acceptors (Lipinski definition) is 6. The molecule has 9 aromatic carbocycles. The second-order valence-electron chi connectivity index (χ2n) is 17.0. The van der Waals surface area contributed by atoms with E-state index in [1.54, 1.807) is 22.7 Å². The molecule has 0 fully saturated rings. The molecule has 318 valence electrons. The molecule has 0 aliphatic carbocycles. The monoisotopic (exact) mass is 902 g/mol. The van der Waals surface area contributed by atoms with Crippen molar-refractivity contribution in [1.82, 2.24) is 19.9 Å². The summed E-state index contributed by atoms with van der Waals surface area (Å²) in [5.74, 6) is 1.43. The topological polar surface area (TPSA) is 51.6 Å². The average Bonchev–Trinajstić information content (AvgIpc) is 4.00. The maximum atomic E-state index is 5.37. The van der Waals surface area contributed by atoms with Gasteiger partial charge in [0.25, 0.3) is 0 Å². The van der Waals surface area contributed by atoms with Crippen molar-refractivity contribution >= 4 is 63.3 Å². The van der Waals surface area contributed by atoms with Crippen LogP contribution in [-0.2, 0) is 0 Å². The van der Waals surface area contributed by atoms with Gasteiger partial charge in [-0.15, -0.1) is 22.7 Å². The Kier molecular flexibility index (Phi) is 9.85. The van der Waals surface area contributed by atoms with Crippen LogP contribution < -0.4 is 0 Å². The Bertz CT molecular complexity index is 4030. The predicted octanol–water partition coefficient (Wildman–Crippen LogP) is 17.3. The molecule has 6 heteroatoms. The Morgan fingerprint density at radius 1 is 0.235 bits per heavy atom. The number of fused-ring (bicyclic) bond motifs is 6. The van der Waals surface area contributed by atoms with Gasteiger partial charge < -0.3 is 0 Å². The highest BCUT2D eigenvalue weighted by Crippen LogP contribution is 2.43. The summed E-state index contributed by atoms with van der Waals surface area (Å²) in [5, 5.41) is 2.30. The summed E-state index contributed by atoms with van der Waals surface area (Å²) in [7, 11) is 0. The van der Waals surface area contributed by atoms with Crippen LogP contribution in [0.1, 0.15) is 0 Å². The van der Waals surface area contributed by atoms with E-state index in [9.17, 15) is 0 Å². The van der Waals surface area contributed by atoms with Gasteiger partial charge in [0.1, 0.15) is 0 Å².